The van der Waals surface area contributed by atoms with E-state index in [2.05, 4.69) is 0 Å². The Morgan fingerprint density at radius 3 is 1.00 bits per heavy atom. The fourth-order valence-corrected chi connectivity index (χ4v) is 9.94. The number of ether oxygens (including phenoxy) is 10. The standard InChI is InChI=1S/C58H72O26P2S2/c59-47(41-1-5-43(6-2-41)53-39-51(63)45-9-11-49(61)55(65)57(45)83-53)13-15-69-17-19-71-21-23-73-25-27-75-29-31-77-33-35-79-85(67,87)81-37-38-82-86(68,88)80-36-34-78-32-30-76-28-26-74-24-22-72-20-18-70-16-14-48(60)42-3-7-44(8-4-42)54-40-52(64)46-10-12-50(62)56(66)58(46)84-54/h1-12,39-40,61-62,65-66H,13-38H2,(H,67,87)(H,68,88)/p-1. The zero-order valence-electron chi connectivity index (χ0n) is 48.0. The molecule has 0 aliphatic rings. The number of fused-ring (bicyclic) bond motifs is 2. The maximum atomic E-state index is 12.6. The molecule has 4 aromatic carbocycles. The summed E-state index contributed by atoms with van der Waals surface area (Å²) in [6.45, 7) is -2.63. The molecule has 26 nitrogen and oxygen atoms in total. The molecule has 0 spiro atoms. The van der Waals surface area contributed by atoms with Crippen molar-refractivity contribution >= 4 is 70.6 Å². The molecule has 0 fully saturated rings. The van der Waals surface area contributed by atoms with Crippen LogP contribution in [0.3, 0.4) is 0 Å². The van der Waals surface area contributed by atoms with E-state index in [0.717, 1.165) is 0 Å². The van der Waals surface area contributed by atoms with Crippen molar-refractivity contribution < 1.29 is 114 Å². The van der Waals surface area contributed by atoms with Crippen molar-refractivity contribution in [3.63, 3.8) is 0 Å². The molecular weight excluding hydrogens is 1240 g/mol. The van der Waals surface area contributed by atoms with Gasteiger partial charge in [0, 0.05) is 47.2 Å². The maximum Gasteiger partial charge on any atom is 0.324 e. The molecule has 2 heterocycles. The smallest absolute Gasteiger partial charge is 0.324 e. The summed E-state index contributed by atoms with van der Waals surface area (Å²) in [4.78, 5) is 73.0. The first-order valence-electron chi connectivity index (χ1n) is 27.8. The van der Waals surface area contributed by atoms with Gasteiger partial charge in [0.15, 0.2) is 45.1 Å². The van der Waals surface area contributed by atoms with Crippen LogP contribution in [-0.4, -0.2) is 195 Å². The van der Waals surface area contributed by atoms with Gasteiger partial charge in [-0.3, -0.25) is 19.2 Å². The molecule has 0 saturated carbocycles. The second-order valence-electron chi connectivity index (χ2n) is 18.4. The van der Waals surface area contributed by atoms with Gasteiger partial charge in [0.2, 0.25) is 11.5 Å². The Kier molecular flexibility index (Phi) is 31.6. The topological polar surface area (TPSA) is 348 Å². The number of hydrogen-bond donors (Lipinski definition) is 5. The second kappa shape index (κ2) is 38.9. The molecule has 0 bridgehead atoms. The van der Waals surface area contributed by atoms with Crippen LogP contribution in [0.2, 0.25) is 0 Å². The zero-order chi connectivity index (χ0) is 63.0. The third-order valence-corrected chi connectivity index (χ3v) is 15.4. The molecule has 2 unspecified atom stereocenters. The van der Waals surface area contributed by atoms with E-state index in [-0.39, 0.29) is 155 Å². The maximum absolute atomic E-state index is 12.6. The quantitative estimate of drug-likeness (QED) is 0.0128. The predicted octanol–water partition coefficient (Wildman–Crippen LogP) is 5.94. The summed E-state index contributed by atoms with van der Waals surface area (Å²) in [5, 5.41) is 40.1. The molecule has 0 aliphatic carbocycles. The van der Waals surface area contributed by atoms with Crippen molar-refractivity contribution in [2.75, 3.05) is 159 Å². The Morgan fingerprint density at radius 1 is 0.398 bits per heavy atom. The van der Waals surface area contributed by atoms with Crippen molar-refractivity contribution in [2.24, 2.45) is 0 Å². The number of benzene rings is 4. The van der Waals surface area contributed by atoms with Crippen LogP contribution in [0.5, 0.6) is 23.0 Å². The third-order valence-electron chi connectivity index (χ3n) is 12.2. The molecule has 2 atom stereocenters. The summed E-state index contributed by atoms with van der Waals surface area (Å²) in [6.07, 6.45) is 0.299. The van der Waals surface area contributed by atoms with Gasteiger partial charge in [-0.05, 0) is 36.1 Å². The van der Waals surface area contributed by atoms with Gasteiger partial charge in [0.05, 0.1) is 169 Å². The van der Waals surface area contributed by atoms with Crippen LogP contribution in [0.4, 0.5) is 0 Å². The number of hydrogen-bond acceptors (Lipinski definition) is 27. The van der Waals surface area contributed by atoms with Crippen molar-refractivity contribution in [1.82, 2.24) is 0 Å². The SMILES string of the molecule is O=C(CCOCCOCCOCCOCCOCCOP([O-])(=S)OCCOP(O)(=S)OCCOCCOCCOCCOCCOCCC(=O)c1ccc(-c2cc(=O)c3ccc(O)c(O)c3o2)cc1)c1ccc(-c2cc(=O)c3ccc(O)c(O)c3o2)cc1. The van der Waals surface area contributed by atoms with E-state index in [9.17, 15) is 49.4 Å². The summed E-state index contributed by atoms with van der Waals surface area (Å²) in [5.74, 6) is -1.80. The average molecular weight is 1310 g/mol. The van der Waals surface area contributed by atoms with E-state index in [0.29, 0.717) is 94.9 Å². The summed E-state index contributed by atoms with van der Waals surface area (Å²) in [5.41, 5.74) is 0.888. The lowest BCUT2D eigenvalue weighted by Crippen LogP contribution is -2.16. The summed E-state index contributed by atoms with van der Waals surface area (Å²) in [7, 11) is 0. The lowest BCUT2D eigenvalue weighted by Gasteiger charge is -2.27. The molecular formula is C58H71O26P2S2-. The Hall–Kier alpha value is -5.50. The van der Waals surface area contributed by atoms with Crippen LogP contribution >= 0.6 is 13.4 Å². The first kappa shape index (κ1) is 71.6. The van der Waals surface area contributed by atoms with Crippen LogP contribution in [0, 0.1) is 0 Å². The van der Waals surface area contributed by atoms with Crippen molar-refractivity contribution in [1.29, 1.82) is 0 Å². The van der Waals surface area contributed by atoms with Gasteiger partial charge in [0.25, 0.3) is 0 Å². The zero-order valence-corrected chi connectivity index (χ0v) is 51.4. The number of carbonyl (C=O) groups excluding carboxylic acids is 2. The molecule has 0 amide bonds. The number of rotatable bonds is 47. The Bertz CT molecular complexity index is 3110. The molecule has 30 heteroatoms. The number of phenols is 4. The Morgan fingerprint density at radius 2 is 0.670 bits per heavy atom. The molecule has 0 radical (unpaired) electrons. The summed E-state index contributed by atoms with van der Waals surface area (Å²) in [6, 6.07) is 20.6. The van der Waals surface area contributed by atoms with Crippen molar-refractivity contribution in [3.8, 4) is 45.6 Å². The first-order chi connectivity index (χ1) is 42.5. The molecule has 0 aliphatic heterocycles. The average Bonchev–Trinajstić information content (AvgIpc) is 3.35. The van der Waals surface area contributed by atoms with Crippen LogP contribution in [0.1, 0.15) is 33.6 Å². The van der Waals surface area contributed by atoms with Crippen molar-refractivity contribution in [2.45, 2.75) is 12.8 Å². The Labute approximate surface area is 516 Å². The Balaban J connectivity index is 0.631. The van der Waals surface area contributed by atoms with Crippen LogP contribution in [0.15, 0.2) is 103 Å². The number of carbonyl (C=O) groups is 2. The lowest BCUT2D eigenvalue weighted by molar-refractivity contribution is -0.208. The normalized spacial score (nSPS) is 13.1. The van der Waals surface area contributed by atoms with Crippen LogP contribution < -0.4 is 15.8 Å². The minimum Gasteiger partial charge on any atom is -0.780 e. The lowest BCUT2D eigenvalue weighted by atomic mass is 10.0. The molecule has 5 N–H and O–H groups in total. The van der Waals surface area contributed by atoms with E-state index < -0.39 is 36.4 Å². The number of Topliss-reactive ketones (excluding diaryl/α,β-unsaturated/α-hetero) is 2. The van der Waals surface area contributed by atoms with Crippen LogP contribution in [-0.2, 0) is 89.1 Å². The molecule has 88 heavy (non-hydrogen) atoms. The predicted molar refractivity (Wildman–Crippen MR) is 323 cm³/mol. The highest BCUT2D eigenvalue weighted by Gasteiger charge is 2.18. The monoisotopic (exact) mass is 1310 g/mol. The van der Waals surface area contributed by atoms with Gasteiger partial charge in [-0.15, -0.1) is 0 Å². The summed E-state index contributed by atoms with van der Waals surface area (Å²) >= 11 is 9.85. The fraction of sp³-hybridized carbons (Fsp3) is 0.448. The van der Waals surface area contributed by atoms with Crippen LogP contribution in [0.25, 0.3) is 44.6 Å². The number of ketones is 2. The van der Waals surface area contributed by atoms with Gasteiger partial charge in [-0.2, -0.15) is 0 Å². The van der Waals surface area contributed by atoms with Crippen molar-refractivity contribution in [3.05, 3.63) is 117 Å². The fourth-order valence-electron chi connectivity index (χ4n) is 7.69. The summed E-state index contributed by atoms with van der Waals surface area (Å²) < 4.78 is 86.7. The van der Waals surface area contributed by atoms with E-state index in [1.165, 1.54) is 36.4 Å². The highest BCUT2D eigenvalue weighted by Crippen LogP contribution is 2.44. The molecule has 6 rings (SSSR count). The number of phenolic OH excluding ortho intramolecular Hbond substituents is 4. The minimum atomic E-state index is -3.86. The van der Waals surface area contributed by atoms with E-state index in [4.69, 9.17) is 97.9 Å². The van der Waals surface area contributed by atoms with E-state index >= 15 is 0 Å². The molecule has 6 aromatic rings. The second-order valence-corrected chi connectivity index (χ2v) is 24.0. The van der Waals surface area contributed by atoms with E-state index in [1.807, 2.05) is 0 Å². The van der Waals surface area contributed by atoms with Gasteiger partial charge in [-0.25, -0.2) is 0 Å². The first-order valence-corrected chi connectivity index (χ1v) is 32.9. The minimum absolute atomic E-state index is 0.0497. The molecule has 0 saturated heterocycles. The largest absolute Gasteiger partial charge is 0.780 e. The highest BCUT2D eigenvalue weighted by molar-refractivity contribution is 8.07. The highest BCUT2D eigenvalue weighted by atomic mass is 32.5. The van der Waals surface area contributed by atoms with Gasteiger partial charge < -0.3 is 105 Å². The number of aromatic hydroxyl groups is 4. The van der Waals surface area contributed by atoms with Gasteiger partial charge in [0.1, 0.15) is 18.2 Å². The van der Waals surface area contributed by atoms with Gasteiger partial charge >= 0.3 is 6.72 Å². The molecule has 2 aromatic heterocycles. The molecule has 482 valence electrons. The van der Waals surface area contributed by atoms with E-state index in [1.54, 1.807) is 48.5 Å². The van der Waals surface area contributed by atoms with Gasteiger partial charge in [-0.1, -0.05) is 60.3 Å². The third kappa shape index (κ3) is 25.4.